The second-order valence-corrected chi connectivity index (χ2v) is 5.75. The molecule has 0 amide bonds. The molecule has 1 aliphatic rings. The third-order valence-corrected chi connectivity index (χ3v) is 4.03. The SMILES string of the molecule is Cl.c1ccc(COC[C@H]2CNC[C@@H]2OCc2ccccc2)cc1. The molecule has 0 spiro atoms. The molecule has 1 N–H and O–H groups in total. The average molecular weight is 334 g/mol. The predicted octanol–water partition coefficient (Wildman–Crippen LogP) is 3.43. The summed E-state index contributed by atoms with van der Waals surface area (Å²) in [6.07, 6.45) is 0.232. The molecule has 2 aromatic carbocycles. The number of halogens is 1. The fraction of sp³-hybridized carbons (Fsp3) is 0.368. The largest absolute Gasteiger partial charge is 0.376 e. The van der Waals surface area contributed by atoms with Crippen LogP contribution in [0.1, 0.15) is 11.1 Å². The van der Waals surface area contributed by atoms with Gasteiger partial charge in [-0.05, 0) is 11.1 Å². The van der Waals surface area contributed by atoms with Crippen LogP contribution in [0.4, 0.5) is 0 Å². The Labute approximate surface area is 144 Å². The van der Waals surface area contributed by atoms with E-state index in [-0.39, 0.29) is 18.5 Å². The smallest absolute Gasteiger partial charge is 0.0766 e. The highest BCUT2D eigenvalue weighted by Crippen LogP contribution is 2.16. The quantitative estimate of drug-likeness (QED) is 0.842. The normalized spacial score (nSPS) is 20.2. The lowest BCUT2D eigenvalue weighted by Crippen LogP contribution is -2.26. The predicted molar refractivity (Wildman–Crippen MR) is 94.7 cm³/mol. The van der Waals surface area contributed by atoms with Crippen LogP contribution in [0.5, 0.6) is 0 Å². The lowest BCUT2D eigenvalue weighted by molar-refractivity contribution is -0.00989. The molecule has 1 heterocycles. The summed E-state index contributed by atoms with van der Waals surface area (Å²) >= 11 is 0. The standard InChI is InChI=1S/C19H23NO2.ClH/c1-3-7-16(8-4-1)13-21-15-18-11-20-12-19(18)22-14-17-9-5-2-6-10-17;/h1-10,18-20H,11-15H2;1H/t18-,19+;/m1./s1. The zero-order valence-corrected chi connectivity index (χ0v) is 14.0. The molecule has 0 bridgehead atoms. The first kappa shape index (κ1) is 18.0. The van der Waals surface area contributed by atoms with E-state index in [1.807, 2.05) is 36.4 Å². The topological polar surface area (TPSA) is 30.5 Å². The van der Waals surface area contributed by atoms with Gasteiger partial charge in [0.15, 0.2) is 0 Å². The van der Waals surface area contributed by atoms with E-state index in [4.69, 9.17) is 9.47 Å². The highest BCUT2D eigenvalue weighted by molar-refractivity contribution is 5.85. The molecule has 1 saturated heterocycles. The Morgan fingerprint density at radius 3 is 2.09 bits per heavy atom. The van der Waals surface area contributed by atoms with Gasteiger partial charge in [0, 0.05) is 19.0 Å². The van der Waals surface area contributed by atoms with Crippen LogP contribution >= 0.6 is 12.4 Å². The van der Waals surface area contributed by atoms with Crippen LogP contribution in [0.25, 0.3) is 0 Å². The lowest BCUT2D eigenvalue weighted by Gasteiger charge is -2.19. The zero-order valence-electron chi connectivity index (χ0n) is 13.2. The van der Waals surface area contributed by atoms with Gasteiger partial charge in [-0.25, -0.2) is 0 Å². The van der Waals surface area contributed by atoms with Crippen LogP contribution in [0.2, 0.25) is 0 Å². The van der Waals surface area contributed by atoms with E-state index in [2.05, 4.69) is 29.6 Å². The number of benzene rings is 2. The fourth-order valence-corrected chi connectivity index (χ4v) is 2.75. The van der Waals surface area contributed by atoms with Gasteiger partial charge in [-0.3, -0.25) is 0 Å². The second-order valence-electron chi connectivity index (χ2n) is 5.75. The number of hydrogen-bond donors (Lipinski definition) is 1. The van der Waals surface area contributed by atoms with Crippen LogP contribution in [-0.2, 0) is 22.7 Å². The van der Waals surface area contributed by atoms with Gasteiger partial charge in [-0.2, -0.15) is 0 Å². The molecule has 2 aromatic rings. The average Bonchev–Trinajstić information content (AvgIpc) is 3.02. The fourth-order valence-electron chi connectivity index (χ4n) is 2.75. The van der Waals surface area contributed by atoms with Crippen molar-refractivity contribution >= 4 is 12.4 Å². The molecule has 124 valence electrons. The molecule has 0 unspecified atom stereocenters. The summed E-state index contributed by atoms with van der Waals surface area (Å²) in [6.45, 7) is 3.95. The zero-order chi connectivity index (χ0) is 15.0. The number of ether oxygens (including phenoxy) is 2. The van der Waals surface area contributed by atoms with Crippen molar-refractivity contribution in [2.45, 2.75) is 19.3 Å². The Morgan fingerprint density at radius 1 is 0.826 bits per heavy atom. The lowest BCUT2D eigenvalue weighted by atomic mass is 10.1. The van der Waals surface area contributed by atoms with Crippen LogP contribution in [0, 0.1) is 5.92 Å². The van der Waals surface area contributed by atoms with Crippen molar-refractivity contribution in [3.63, 3.8) is 0 Å². The molecular formula is C19H24ClNO2. The molecule has 1 fully saturated rings. The van der Waals surface area contributed by atoms with E-state index in [1.165, 1.54) is 11.1 Å². The Morgan fingerprint density at radius 2 is 1.43 bits per heavy atom. The Bertz CT molecular complexity index is 550. The minimum absolute atomic E-state index is 0. The molecule has 0 aliphatic carbocycles. The van der Waals surface area contributed by atoms with Gasteiger partial charge >= 0.3 is 0 Å². The highest BCUT2D eigenvalue weighted by atomic mass is 35.5. The van der Waals surface area contributed by atoms with Crippen molar-refractivity contribution in [3.8, 4) is 0 Å². The third kappa shape index (κ3) is 5.63. The Hall–Kier alpha value is -1.39. The van der Waals surface area contributed by atoms with Gasteiger partial charge in [-0.1, -0.05) is 60.7 Å². The molecule has 0 aromatic heterocycles. The molecule has 1 aliphatic heterocycles. The molecular weight excluding hydrogens is 310 g/mol. The first-order chi connectivity index (χ1) is 10.9. The Balaban J connectivity index is 0.00000192. The van der Waals surface area contributed by atoms with Crippen molar-refractivity contribution in [2.75, 3.05) is 19.7 Å². The number of nitrogens with one attached hydrogen (secondary N) is 1. The summed E-state index contributed by atoms with van der Waals surface area (Å²) in [7, 11) is 0. The van der Waals surface area contributed by atoms with Crippen molar-refractivity contribution in [1.29, 1.82) is 0 Å². The highest BCUT2D eigenvalue weighted by Gasteiger charge is 2.27. The minimum atomic E-state index is 0. The van der Waals surface area contributed by atoms with Gasteiger partial charge in [0.2, 0.25) is 0 Å². The summed E-state index contributed by atoms with van der Waals surface area (Å²) in [6, 6.07) is 20.6. The first-order valence-corrected chi connectivity index (χ1v) is 7.90. The minimum Gasteiger partial charge on any atom is -0.376 e. The second kappa shape index (κ2) is 9.68. The van der Waals surface area contributed by atoms with Crippen LogP contribution in [0.3, 0.4) is 0 Å². The number of hydrogen-bond acceptors (Lipinski definition) is 3. The van der Waals surface area contributed by atoms with Crippen LogP contribution in [-0.4, -0.2) is 25.8 Å². The van der Waals surface area contributed by atoms with E-state index in [1.54, 1.807) is 0 Å². The van der Waals surface area contributed by atoms with E-state index < -0.39 is 0 Å². The van der Waals surface area contributed by atoms with Crippen molar-refractivity contribution in [1.82, 2.24) is 5.32 Å². The first-order valence-electron chi connectivity index (χ1n) is 7.90. The van der Waals surface area contributed by atoms with E-state index in [0.29, 0.717) is 19.1 Å². The molecule has 0 radical (unpaired) electrons. The van der Waals surface area contributed by atoms with Crippen LogP contribution in [0.15, 0.2) is 60.7 Å². The maximum absolute atomic E-state index is 6.06. The van der Waals surface area contributed by atoms with Crippen LogP contribution < -0.4 is 5.32 Å². The van der Waals surface area contributed by atoms with Gasteiger partial charge in [0.25, 0.3) is 0 Å². The van der Waals surface area contributed by atoms with Crippen molar-refractivity contribution in [2.24, 2.45) is 5.92 Å². The molecule has 2 atom stereocenters. The molecule has 3 rings (SSSR count). The maximum Gasteiger partial charge on any atom is 0.0766 e. The van der Waals surface area contributed by atoms with E-state index >= 15 is 0 Å². The van der Waals surface area contributed by atoms with Gasteiger partial charge in [-0.15, -0.1) is 12.4 Å². The molecule has 4 heteroatoms. The molecule has 3 nitrogen and oxygen atoms in total. The summed E-state index contributed by atoms with van der Waals surface area (Å²) in [4.78, 5) is 0. The number of rotatable bonds is 7. The van der Waals surface area contributed by atoms with Gasteiger partial charge in [0.1, 0.15) is 0 Å². The van der Waals surface area contributed by atoms with E-state index in [9.17, 15) is 0 Å². The van der Waals surface area contributed by atoms with Gasteiger partial charge in [0.05, 0.1) is 25.9 Å². The molecule has 23 heavy (non-hydrogen) atoms. The maximum atomic E-state index is 6.06. The van der Waals surface area contributed by atoms with Crippen molar-refractivity contribution < 1.29 is 9.47 Å². The summed E-state index contributed by atoms with van der Waals surface area (Å²) in [5.74, 6) is 0.424. The monoisotopic (exact) mass is 333 g/mol. The summed E-state index contributed by atoms with van der Waals surface area (Å²) < 4.78 is 11.9. The van der Waals surface area contributed by atoms with Gasteiger partial charge < -0.3 is 14.8 Å². The molecule has 0 saturated carbocycles. The summed E-state index contributed by atoms with van der Waals surface area (Å²) in [5.41, 5.74) is 2.44. The van der Waals surface area contributed by atoms with E-state index in [0.717, 1.165) is 19.7 Å². The third-order valence-electron chi connectivity index (χ3n) is 4.03. The summed E-state index contributed by atoms with van der Waals surface area (Å²) in [5, 5.41) is 3.40. The Kier molecular flexibility index (Phi) is 7.56. The van der Waals surface area contributed by atoms with Crippen molar-refractivity contribution in [3.05, 3.63) is 71.8 Å².